The molecular weight excluding hydrogens is 282 g/mol. The molecule has 0 unspecified atom stereocenters. The van der Waals surface area contributed by atoms with Gasteiger partial charge in [-0.3, -0.25) is 4.79 Å². The van der Waals surface area contributed by atoms with Crippen molar-refractivity contribution in [2.24, 2.45) is 0 Å². The molecule has 0 radical (unpaired) electrons. The van der Waals surface area contributed by atoms with Gasteiger partial charge < -0.3 is 4.74 Å². The van der Waals surface area contributed by atoms with Gasteiger partial charge in [0.2, 0.25) is 0 Å². The quantitative estimate of drug-likeness (QED) is 0.803. The minimum Gasteiger partial charge on any atom is -0.466 e. The summed E-state index contributed by atoms with van der Waals surface area (Å²) in [7, 11) is 0. The summed E-state index contributed by atoms with van der Waals surface area (Å²) in [6, 6.07) is 5.87. The molecule has 17 heavy (non-hydrogen) atoms. The highest BCUT2D eigenvalue weighted by atomic mass is 79.9. The minimum absolute atomic E-state index is 0.142. The van der Waals surface area contributed by atoms with Crippen LogP contribution in [-0.2, 0) is 22.4 Å². The first-order valence-electron chi connectivity index (χ1n) is 5.49. The van der Waals surface area contributed by atoms with E-state index >= 15 is 0 Å². The summed E-state index contributed by atoms with van der Waals surface area (Å²) in [5.74, 6) is -0.302. The molecule has 1 rings (SSSR count). The van der Waals surface area contributed by atoms with Gasteiger partial charge in [-0.25, -0.2) is 0 Å². The van der Waals surface area contributed by atoms with Crippen molar-refractivity contribution >= 4 is 21.9 Å². The van der Waals surface area contributed by atoms with Gasteiger partial charge in [0.05, 0.1) is 24.7 Å². The molecule has 0 spiro atoms. The maximum absolute atomic E-state index is 11.4. The Morgan fingerprint density at radius 1 is 1.41 bits per heavy atom. The van der Waals surface area contributed by atoms with Gasteiger partial charge in [0.15, 0.2) is 0 Å². The highest BCUT2D eigenvalue weighted by Gasteiger charge is 2.13. The number of ether oxygens (including phenoxy) is 1. The molecule has 0 saturated heterocycles. The highest BCUT2D eigenvalue weighted by Crippen LogP contribution is 2.22. The van der Waals surface area contributed by atoms with Crippen molar-refractivity contribution < 1.29 is 9.53 Å². The molecule has 0 atom stereocenters. The molecule has 3 nitrogen and oxygen atoms in total. The molecule has 0 aliphatic rings. The van der Waals surface area contributed by atoms with Crippen LogP contribution in [0.2, 0.25) is 0 Å². The second kappa shape index (κ2) is 6.41. The van der Waals surface area contributed by atoms with Crippen LogP contribution in [0.15, 0.2) is 16.6 Å². The molecule has 0 heterocycles. The van der Waals surface area contributed by atoms with E-state index in [2.05, 4.69) is 22.0 Å². The Morgan fingerprint density at radius 3 is 2.59 bits per heavy atom. The lowest BCUT2D eigenvalue weighted by atomic mass is 9.98. The zero-order valence-electron chi connectivity index (χ0n) is 9.92. The van der Waals surface area contributed by atoms with Gasteiger partial charge in [-0.05, 0) is 36.6 Å². The molecule has 1 aromatic rings. The molecule has 4 heteroatoms. The van der Waals surface area contributed by atoms with E-state index in [0.29, 0.717) is 12.2 Å². The molecule has 90 valence electrons. The van der Waals surface area contributed by atoms with Crippen LogP contribution in [0, 0.1) is 11.3 Å². The van der Waals surface area contributed by atoms with E-state index in [1.165, 1.54) is 0 Å². The number of carbonyl (C=O) groups excluding carboxylic acids is 1. The smallest absolute Gasteiger partial charge is 0.310 e. The average Bonchev–Trinajstić information content (AvgIpc) is 2.28. The van der Waals surface area contributed by atoms with E-state index in [9.17, 15) is 4.79 Å². The summed E-state index contributed by atoms with van der Waals surface area (Å²) in [6.45, 7) is 4.10. The molecule has 0 saturated carbocycles. The Hall–Kier alpha value is -1.34. The molecule has 0 aromatic heterocycles. The van der Waals surface area contributed by atoms with Crippen LogP contribution in [-0.4, -0.2) is 12.6 Å². The first-order valence-corrected chi connectivity index (χ1v) is 6.28. The fourth-order valence-electron chi connectivity index (χ4n) is 1.65. The second-order valence-corrected chi connectivity index (χ2v) is 4.46. The van der Waals surface area contributed by atoms with Gasteiger partial charge in [0.25, 0.3) is 0 Å². The van der Waals surface area contributed by atoms with Gasteiger partial charge in [0, 0.05) is 4.47 Å². The fraction of sp³-hybridized carbons (Fsp3) is 0.385. The third kappa shape index (κ3) is 3.57. The van der Waals surface area contributed by atoms with Crippen molar-refractivity contribution in [3.8, 4) is 6.07 Å². The zero-order valence-corrected chi connectivity index (χ0v) is 11.5. The number of hydrogen-bond acceptors (Lipinski definition) is 3. The van der Waals surface area contributed by atoms with Crippen molar-refractivity contribution in [2.75, 3.05) is 6.61 Å². The van der Waals surface area contributed by atoms with Crippen LogP contribution >= 0.6 is 15.9 Å². The number of carbonyl (C=O) groups is 1. The summed E-state index contributed by atoms with van der Waals surface area (Å²) < 4.78 is 5.78. The van der Waals surface area contributed by atoms with Gasteiger partial charge in [-0.15, -0.1) is 0 Å². The maximum Gasteiger partial charge on any atom is 0.310 e. The van der Waals surface area contributed by atoms with E-state index < -0.39 is 0 Å². The van der Waals surface area contributed by atoms with Crippen molar-refractivity contribution in [2.45, 2.75) is 26.7 Å². The number of nitrogens with zero attached hydrogens (tertiary/aromatic N) is 1. The summed E-state index contributed by atoms with van der Waals surface area (Å²) in [4.78, 5) is 11.4. The Bertz CT molecular complexity index is 463. The van der Waals surface area contributed by atoms with E-state index in [1.807, 2.05) is 13.0 Å². The number of aryl methyl sites for hydroxylation is 1. The number of nitriles is 1. The second-order valence-electron chi connectivity index (χ2n) is 3.55. The topological polar surface area (TPSA) is 50.1 Å². The maximum atomic E-state index is 11.4. The number of benzene rings is 1. The van der Waals surface area contributed by atoms with Crippen molar-refractivity contribution in [3.05, 3.63) is 33.3 Å². The van der Waals surface area contributed by atoms with Crippen molar-refractivity contribution in [1.82, 2.24) is 0 Å². The van der Waals surface area contributed by atoms with Crippen molar-refractivity contribution in [1.29, 1.82) is 5.26 Å². The van der Waals surface area contributed by atoms with Gasteiger partial charge >= 0.3 is 5.97 Å². The monoisotopic (exact) mass is 295 g/mol. The number of hydrogen-bond donors (Lipinski definition) is 0. The van der Waals surface area contributed by atoms with Crippen LogP contribution in [0.1, 0.15) is 30.5 Å². The molecule has 1 aromatic carbocycles. The summed E-state index contributed by atoms with van der Waals surface area (Å²) in [5.41, 5.74) is 2.25. The van der Waals surface area contributed by atoms with Crippen molar-refractivity contribution in [3.63, 3.8) is 0 Å². The standard InChI is InChI=1S/C13H14BrNO2/c1-3-9-5-11(14)6-10(12(9)8-15)7-13(16)17-4-2/h5-6H,3-4,7H2,1-2H3. The van der Waals surface area contributed by atoms with Gasteiger partial charge in [-0.2, -0.15) is 5.26 Å². The first-order chi connectivity index (χ1) is 8.12. The van der Waals surface area contributed by atoms with E-state index in [4.69, 9.17) is 10.00 Å². The Kier molecular flexibility index (Phi) is 5.17. The summed E-state index contributed by atoms with van der Waals surface area (Å²) >= 11 is 3.38. The minimum atomic E-state index is -0.302. The van der Waals surface area contributed by atoms with E-state index in [1.54, 1.807) is 13.0 Å². The molecule has 0 bridgehead atoms. The predicted molar refractivity (Wildman–Crippen MR) is 68.6 cm³/mol. The molecule has 0 amide bonds. The SMILES string of the molecule is CCOC(=O)Cc1cc(Br)cc(CC)c1C#N. The van der Waals surface area contributed by atoms with Crippen LogP contribution in [0.5, 0.6) is 0 Å². The molecule has 0 aliphatic heterocycles. The molecule has 0 aliphatic carbocycles. The Morgan fingerprint density at radius 2 is 2.06 bits per heavy atom. The van der Waals surface area contributed by atoms with Crippen LogP contribution < -0.4 is 0 Å². The lowest BCUT2D eigenvalue weighted by molar-refractivity contribution is -0.142. The fourth-order valence-corrected chi connectivity index (χ4v) is 2.21. The molecule has 0 fully saturated rings. The van der Waals surface area contributed by atoms with Gasteiger partial charge in [0.1, 0.15) is 0 Å². The molecular formula is C13H14BrNO2. The van der Waals surface area contributed by atoms with Gasteiger partial charge in [-0.1, -0.05) is 22.9 Å². The number of rotatable bonds is 4. The van der Waals surface area contributed by atoms with Crippen LogP contribution in [0.25, 0.3) is 0 Å². The van der Waals surface area contributed by atoms with E-state index in [0.717, 1.165) is 22.0 Å². The third-order valence-electron chi connectivity index (χ3n) is 2.40. The number of esters is 1. The Balaban J connectivity index is 3.10. The average molecular weight is 296 g/mol. The molecule has 0 N–H and O–H groups in total. The lowest BCUT2D eigenvalue weighted by Crippen LogP contribution is -2.09. The lowest BCUT2D eigenvalue weighted by Gasteiger charge is -2.09. The van der Waals surface area contributed by atoms with Crippen LogP contribution in [0.3, 0.4) is 0 Å². The number of halogens is 1. The predicted octanol–water partition coefficient (Wildman–Crippen LogP) is 2.99. The third-order valence-corrected chi connectivity index (χ3v) is 2.86. The largest absolute Gasteiger partial charge is 0.466 e. The van der Waals surface area contributed by atoms with Crippen LogP contribution in [0.4, 0.5) is 0 Å². The Labute approximate surface area is 110 Å². The zero-order chi connectivity index (χ0) is 12.8. The summed E-state index contributed by atoms with van der Waals surface area (Å²) in [5, 5.41) is 9.15. The normalized spacial score (nSPS) is 9.76. The first kappa shape index (κ1) is 13.7. The van der Waals surface area contributed by atoms with E-state index in [-0.39, 0.29) is 12.4 Å². The highest BCUT2D eigenvalue weighted by molar-refractivity contribution is 9.10. The summed E-state index contributed by atoms with van der Waals surface area (Å²) in [6.07, 6.45) is 0.904.